The van der Waals surface area contributed by atoms with Crippen molar-refractivity contribution in [3.8, 4) is 0 Å². The van der Waals surface area contributed by atoms with Crippen LogP contribution in [0, 0.1) is 13.5 Å². The number of ether oxygens (including phenoxy) is 1. The van der Waals surface area contributed by atoms with E-state index in [1.807, 2.05) is 25.1 Å². The number of hydrogen-bond donors (Lipinski definition) is 2. The minimum atomic E-state index is 0.286. The van der Waals surface area contributed by atoms with Crippen LogP contribution in [0.15, 0.2) is 18.2 Å². The zero-order valence-corrected chi connectivity index (χ0v) is 15.8. The number of nitrogen functional groups attached to an aromatic ring is 1. The smallest absolute Gasteiger partial charge is 0.268 e. The number of hydrogen-bond acceptors (Lipinski definition) is 6. The van der Waals surface area contributed by atoms with Crippen LogP contribution in [0.4, 0.5) is 17.3 Å². The molecule has 0 saturated carbocycles. The molecule has 3 N–H and O–H groups in total. The van der Waals surface area contributed by atoms with Gasteiger partial charge in [0.25, 0.3) is 5.69 Å². The molecule has 0 fully saturated rings. The summed E-state index contributed by atoms with van der Waals surface area (Å²) in [6.45, 7) is 12.5. The number of nitrogens with two attached hydrogens (primary N) is 1. The summed E-state index contributed by atoms with van der Waals surface area (Å²) in [5.74, 6) is 0.790. The maximum atomic E-state index is 7.48. The number of nitrogens with one attached hydrogen (secondary N) is 1. The van der Waals surface area contributed by atoms with Crippen LogP contribution in [0.2, 0.25) is 0 Å². The quantitative estimate of drug-likeness (QED) is 0.625. The Morgan fingerprint density at radius 2 is 2.07 bits per heavy atom. The van der Waals surface area contributed by atoms with E-state index < -0.39 is 0 Å². The number of pyridine rings is 1. The Kier molecular flexibility index (Phi) is 5.52. The van der Waals surface area contributed by atoms with Crippen LogP contribution in [-0.2, 0) is 24.2 Å². The third kappa shape index (κ3) is 3.68. The number of rotatable bonds is 7. The lowest BCUT2D eigenvalue weighted by Crippen LogP contribution is -2.11. The molecule has 0 aliphatic carbocycles. The van der Waals surface area contributed by atoms with E-state index in [1.165, 1.54) is 0 Å². The van der Waals surface area contributed by atoms with Crippen LogP contribution in [-0.4, -0.2) is 33.2 Å². The largest absolute Gasteiger partial charge is 0.392 e. The van der Waals surface area contributed by atoms with Crippen molar-refractivity contribution in [2.75, 3.05) is 24.7 Å². The van der Waals surface area contributed by atoms with Crippen molar-refractivity contribution in [3.05, 3.63) is 52.3 Å². The Morgan fingerprint density at radius 3 is 2.78 bits per heavy atom. The van der Waals surface area contributed by atoms with Crippen molar-refractivity contribution >= 4 is 23.0 Å². The Balaban J connectivity index is 1.84. The van der Waals surface area contributed by atoms with E-state index in [9.17, 15) is 0 Å². The predicted molar refractivity (Wildman–Crippen MR) is 105 cm³/mol. The van der Waals surface area contributed by atoms with Gasteiger partial charge in [-0.05, 0) is 25.5 Å². The highest BCUT2D eigenvalue weighted by Crippen LogP contribution is 2.32. The molecule has 0 unspecified atom stereocenters. The number of methoxy groups -OCH3 is 1. The minimum absolute atomic E-state index is 0.286. The van der Waals surface area contributed by atoms with Crippen molar-refractivity contribution in [3.63, 3.8) is 0 Å². The molecule has 140 valence electrons. The average Bonchev–Trinajstić information content (AvgIpc) is 2.98. The Labute approximate surface area is 158 Å². The molecule has 3 rings (SSSR count). The molecule has 0 amide bonds. The lowest BCUT2D eigenvalue weighted by atomic mass is 10.2. The van der Waals surface area contributed by atoms with Crippen LogP contribution in [0.1, 0.15) is 29.6 Å². The molecule has 0 aliphatic rings. The van der Waals surface area contributed by atoms with Crippen LogP contribution in [0.3, 0.4) is 0 Å². The highest BCUT2D eigenvalue weighted by Gasteiger charge is 2.18. The molecule has 0 aromatic carbocycles. The van der Waals surface area contributed by atoms with Crippen molar-refractivity contribution in [2.45, 2.75) is 33.3 Å². The van der Waals surface area contributed by atoms with E-state index in [0.29, 0.717) is 36.9 Å². The second-order valence-corrected chi connectivity index (χ2v) is 6.19. The fourth-order valence-electron chi connectivity index (χ4n) is 3.06. The van der Waals surface area contributed by atoms with E-state index in [2.05, 4.69) is 32.2 Å². The average molecular weight is 365 g/mol. The summed E-state index contributed by atoms with van der Waals surface area (Å²) >= 11 is 0. The van der Waals surface area contributed by atoms with Gasteiger partial charge in [-0.2, -0.15) is 5.10 Å². The van der Waals surface area contributed by atoms with Gasteiger partial charge in [-0.15, -0.1) is 0 Å². The van der Waals surface area contributed by atoms with Gasteiger partial charge in [-0.3, -0.25) is 4.98 Å². The molecule has 0 radical (unpaired) electrons. The van der Waals surface area contributed by atoms with Crippen molar-refractivity contribution in [1.29, 1.82) is 0 Å². The molecule has 3 aromatic heterocycles. The molecule has 8 nitrogen and oxygen atoms in total. The van der Waals surface area contributed by atoms with Gasteiger partial charge in [0.05, 0.1) is 24.6 Å². The van der Waals surface area contributed by atoms with Gasteiger partial charge in [0.2, 0.25) is 0 Å². The highest BCUT2D eigenvalue weighted by atomic mass is 16.5. The van der Waals surface area contributed by atoms with E-state index in [-0.39, 0.29) is 5.69 Å². The summed E-state index contributed by atoms with van der Waals surface area (Å²) in [5, 5.41) is 7.66. The highest BCUT2D eigenvalue weighted by molar-refractivity contribution is 5.80. The van der Waals surface area contributed by atoms with Crippen molar-refractivity contribution in [1.82, 2.24) is 19.6 Å². The third-order valence-electron chi connectivity index (χ3n) is 4.37. The first-order valence-corrected chi connectivity index (χ1v) is 8.81. The molecular weight excluding hydrogens is 342 g/mol. The van der Waals surface area contributed by atoms with E-state index in [4.69, 9.17) is 17.0 Å². The molecule has 0 aliphatic heterocycles. The van der Waals surface area contributed by atoms with Gasteiger partial charge in [0, 0.05) is 31.3 Å². The van der Waals surface area contributed by atoms with E-state index >= 15 is 0 Å². The Morgan fingerprint density at radius 1 is 1.30 bits per heavy atom. The monoisotopic (exact) mass is 365 g/mol. The Bertz CT molecular complexity index is 1000. The number of aromatic nitrogens is 4. The number of anilines is 2. The number of nitrogens with zero attached hydrogens (tertiary/aromatic N) is 5. The summed E-state index contributed by atoms with van der Waals surface area (Å²) in [5.41, 5.74) is 10.9. The molecule has 3 aromatic rings. The first kappa shape index (κ1) is 18.6. The van der Waals surface area contributed by atoms with Gasteiger partial charge in [0.1, 0.15) is 11.6 Å². The van der Waals surface area contributed by atoms with Crippen molar-refractivity contribution < 1.29 is 4.74 Å². The molecule has 0 saturated heterocycles. The lowest BCUT2D eigenvalue weighted by Gasteiger charge is -2.11. The number of fused-ring (bicyclic) bond motifs is 1. The fraction of sp³-hybridized carbons (Fsp3) is 0.368. The second-order valence-electron chi connectivity index (χ2n) is 6.19. The van der Waals surface area contributed by atoms with E-state index in [0.717, 1.165) is 29.1 Å². The first-order valence-electron chi connectivity index (χ1n) is 8.81. The molecule has 0 spiro atoms. The maximum absolute atomic E-state index is 7.48. The zero-order chi connectivity index (χ0) is 19.4. The van der Waals surface area contributed by atoms with Gasteiger partial charge in [0.15, 0.2) is 5.65 Å². The zero-order valence-electron chi connectivity index (χ0n) is 15.8. The number of aryl methyl sites for hydroxylation is 2. The summed E-state index contributed by atoms with van der Waals surface area (Å²) in [4.78, 5) is 12.7. The van der Waals surface area contributed by atoms with Gasteiger partial charge < -0.3 is 15.8 Å². The first-order chi connectivity index (χ1) is 13.1. The molecule has 0 atom stereocenters. The van der Waals surface area contributed by atoms with Crippen LogP contribution in [0.5, 0.6) is 0 Å². The SMILES string of the molecule is [C-]#[N+]c1c(NCCc2cccc(COC)n2)nc2c(CC)c(C)nn2c1N. The predicted octanol–water partition coefficient (Wildman–Crippen LogP) is 2.93. The fourth-order valence-corrected chi connectivity index (χ4v) is 3.06. The molecule has 8 heteroatoms. The van der Waals surface area contributed by atoms with Gasteiger partial charge in [-0.1, -0.05) is 13.0 Å². The summed E-state index contributed by atoms with van der Waals surface area (Å²) in [6, 6.07) is 5.87. The lowest BCUT2D eigenvalue weighted by molar-refractivity contribution is 0.181. The Hall–Kier alpha value is -3.18. The third-order valence-corrected chi connectivity index (χ3v) is 4.37. The van der Waals surface area contributed by atoms with E-state index in [1.54, 1.807) is 11.6 Å². The topological polar surface area (TPSA) is 94.7 Å². The molecule has 0 bridgehead atoms. The minimum Gasteiger partial charge on any atom is -0.392 e. The van der Waals surface area contributed by atoms with Gasteiger partial charge >= 0.3 is 0 Å². The second kappa shape index (κ2) is 8.01. The standard InChI is InChI=1S/C19H23N7O/c1-5-15-12(2)25-26-17(20)16(21-3)18(24-19(15)26)22-10-9-13-7-6-8-14(23-13)11-27-4/h6-8H,5,9-11,20H2,1-2,4H3,(H,22,24). The van der Waals surface area contributed by atoms with Gasteiger partial charge in [-0.25, -0.2) is 14.3 Å². The van der Waals surface area contributed by atoms with Crippen LogP contribution in [0.25, 0.3) is 10.5 Å². The van der Waals surface area contributed by atoms with Crippen molar-refractivity contribution in [2.24, 2.45) is 0 Å². The van der Waals surface area contributed by atoms with Crippen LogP contribution < -0.4 is 11.1 Å². The molecule has 27 heavy (non-hydrogen) atoms. The summed E-state index contributed by atoms with van der Waals surface area (Å²) in [6.07, 6.45) is 1.50. The van der Waals surface area contributed by atoms with Crippen LogP contribution >= 0.6 is 0 Å². The summed E-state index contributed by atoms with van der Waals surface area (Å²) < 4.78 is 6.68. The maximum Gasteiger partial charge on any atom is 0.268 e. The molecule has 3 heterocycles. The normalized spacial score (nSPS) is 10.9. The summed E-state index contributed by atoms with van der Waals surface area (Å²) in [7, 11) is 1.65. The molecular formula is C19H23N7O.